The standard InChI is InChI=1S/C19H25ClN2O3/c1-25-17-9-8-14(20)13-15(17)18(23)22-12-6-7-16(22)19(24)21-10-4-2-3-5-11-21/h8-9,13,16H,2-7,10-12H2,1H3. The minimum Gasteiger partial charge on any atom is -0.496 e. The molecule has 2 aliphatic rings. The summed E-state index contributed by atoms with van der Waals surface area (Å²) in [4.78, 5) is 29.7. The highest BCUT2D eigenvalue weighted by Crippen LogP contribution is 2.28. The van der Waals surface area contributed by atoms with Crippen LogP contribution in [0.5, 0.6) is 5.75 Å². The van der Waals surface area contributed by atoms with Gasteiger partial charge in [-0.2, -0.15) is 0 Å². The van der Waals surface area contributed by atoms with E-state index in [-0.39, 0.29) is 17.9 Å². The van der Waals surface area contributed by atoms with Crippen LogP contribution in [0.2, 0.25) is 5.02 Å². The van der Waals surface area contributed by atoms with Crippen LogP contribution in [0, 0.1) is 0 Å². The Morgan fingerprint density at radius 3 is 2.48 bits per heavy atom. The molecule has 1 aromatic rings. The summed E-state index contributed by atoms with van der Waals surface area (Å²) < 4.78 is 5.31. The van der Waals surface area contributed by atoms with Crippen molar-refractivity contribution in [2.75, 3.05) is 26.7 Å². The molecule has 0 radical (unpaired) electrons. The summed E-state index contributed by atoms with van der Waals surface area (Å²) >= 11 is 6.06. The molecule has 0 N–H and O–H groups in total. The average molecular weight is 365 g/mol. The number of ether oxygens (including phenoxy) is 1. The summed E-state index contributed by atoms with van der Waals surface area (Å²) in [6.45, 7) is 2.20. The largest absolute Gasteiger partial charge is 0.496 e. The molecule has 2 fully saturated rings. The summed E-state index contributed by atoms with van der Waals surface area (Å²) in [6, 6.07) is 4.64. The van der Waals surface area contributed by atoms with Crippen molar-refractivity contribution in [3.8, 4) is 5.75 Å². The van der Waals surface area contributed by atoms with Gasteiger partial charge >= 0.3 is 0 Å². The lowest BCUT2D eigenvalue weighted by molar-refractivity contribution is -0.135. The monoisotopic (exact) mass is 364 g/mol. The van der Waals surface area contributed by atoms with Crippen LogP contribution in [0.4, 0.5) is 0 Å². The summed E-state index contributed by atoms with van der Waals surface area (Å²) in [7, 11) is 1.53. The van der Waals surface area contributed by atoms with Crippen LogP contribution in [0.3, 0.4) is 0 Å². The van der Waals surface area contributed by atoms with E-state index in [1.54, 1.807) is 23.1 Å². The van der Waals surface area contributed by atoms with Crippen molar-refractivity contribution in [2.24, 2.45) is 0 Å². The minimum absolute atomic E-state index is 0.0914. The van der Waals surface area contributed by atoms with E-state index in [1.165, 1.54) is 20.0 Å². The van der Waals surface area contributed by atoms with Crippen molar-refractivity contribution in [3.05, 3.63) is 28.8 Å². The lowest BCUT2D eigenvalue weighted by Crippen LogP contribution is -2.48. The minimum atomic E-state index is -0.366. The van der Waals surface area contributed by atoms with Crippen LogP contribution < -0.4 is 4.74 Å². The first-order chi connectivity index (χ1) is 12.1. The predicted molar refractivity (Wildman–Crippen MR) is 97.1 cm³/mol. The van der Waals surface area contributed by atoms with E-state index >= 15 is 0 Å². The van der Waals surface area contributed by atoms with Crippen LogP contribution in [-0.4, -0.2) is 54.4 Å². The molecule has 1 atom stereocenters. The third-order valence-corrected chi connectivity index (χ3v) is 5.34. The van der Waals surface area contributed by atoms with Gasteiger partial charge in [-0.1, -0.05) is 24.4 Å². The summed E-state index contributed by atoms with van der Waals surface area (Å²) in [5, 5.41) is 0.485. The molecule has 0 aliphatic carbocycles. The van der Waals surface area contributed by atoms with Gasteiger partial charge in [0, 0.05) is 24.7 Å². The fraction of sp³-hybridized carbons (Fsp3) is 0.579. The van der Waals surface area contributed by atoms with Gasteiger partial charge in [-0.3, -0.25) is 9.59 Å². The number of carbonyl (C=O) groups is 2. The second-order valence-electron chi connectivity index (χ2n) is 6.74. The van der Waals surface area contributed by atoms with E-state index in [2.05, 4.69) is 0 Å². The first-order valence-corrected chi connectivity index (χ1v) is 9.43. The van der Waals surface area contributed by atoms with Gasteiger partial charge in [0.1, 0.15) is 11.8 Å². The van der Waals surface area contributed by atoms with Gasteiger partial charge in [-0.15, -0.1) is 0 Å². The number of hydrogen-bond acceptors (Lipinski definition) is 3. The maximum absolute atomic E-state index is 13.1. The van der Waals surface area contributed by atoms with Crippen molar-refractivity contribution < 1.29 is 14.3 Å². The van der Waals surface area contributed by atoms with Gasteiger partial charge in [0.15, 0.2) is 0 Å². The Kier molecular flexibility index (Phi) is 5.84. The second kappa shape index (κ2) is 8.09. The fourth-order valence-electron chi connectivity index (χ4n) is 3.77. The molecular formula is C19H25ClN2O3. The van der Waals surface area contributed by atoms with Crippen LogP contribution >= 0.6 is 11.6 Å². The van der Waals surface area contributed by atoms with Crippen LogP contribution in [0.15, 0.2) is 18.2 Å². The smallest absolute Gasteiger partial charge is 0.258 e. The van der Waals surface area contributed by atoms with Crippen molar-refractivity contribution in [1.82, 2.24) is 9.80 Å². The molecule has 2 saturated heterocycles. The molecule has 1 aromatic carbocycles. The van der Waals surface area contributed by atoms with Gasteiger partial charge < -0.3 is 14.5 Å². The Hall–Kier alpha value is -1.75. The quantitative estimate of drug-likeness (QED) is 0.826. The Bertz CT molecular complexity index is 642. The van der Waals surface area contributed by atoms with Gasteiger partial charge in [0.25, 0.3) is 5.91 Å². The first-order valence-electron chi connectivity index (χ1n) is 9.05. The first kappa shape index (κ1) is 18.1. The van der Waals surface area contributed by atoms with Gasteiger partial charge in [0.05, 0.1) is 12.7 Å². The molecule has 3 rings (SSSR count). The Morgan fingerprint density at radius 2 is 1.80 bits per heavy atom. The van der Waals surface area contributed by atoms with E-state index in [9.17, 15) is 9.59 Å². The molecule has 0 saturated carbocycles. The van der Waals surface area contributed by atoms with Gasteiger partial charge in [-0.05, 0) is 43.9 Å². The maximum Gasteiger partial charge on any atom is 0.258 e. The van der Waals surface area contributed by atoms with Crippen molar-refractivity contribution in [1.29, 1.82) is 0 Å². The highest BCUT2D eigenvalue weighted by atomic mass is 35.5. The number of halogens is 1. The lowest BCUT2D eigenvalue weighted by Gasteiger charge is -2.30. The predicted octanol–water partition coefficient (Wildman–Crippen LogP) is 3.36. The van der Waals surface area contributed by atoms with Gasteiger partial charge in [0.2, 0.25) is 5.91 Å². The zero-order chi connectivity index (χ0) is 17.8. The molecular weight excluding hydrogens is 340 g/mol. The number of carbonyl (C=O) groups excluding carboxylic acids is 2. The van der Waals surface area contributed by atoms with E-state index in [4.69, 9.17) is 16.3 Å². The van der Waals surface area contributed by atoms with E-state index in [1.807, 2.05) is 4.90 Å². The normalized spacial score (nSPS) is 21.1. The molecule has 0 aromatic heterocycles. The summed E-state index contributed by atoms with van der Waals surface area (Å²) in [6.07, 6.45) is 6.03. The maximum atomic E-state index is 13.1. The molecule has 1 unspecified atom stereocenters. The van der Waals surface area contributed by atoms with E-state index in [0.717, 1.165) is 38.8 Å². The molecule has 2 aliphatic heterocycles. The lowest BCUT2D eigenvalue weighted by atomic mass is 10.1. The summed E-state index contributed by atoms with van der Waals surface area (Å²) in [5.41, 5.74) is 0.422. The average Bonchev–Trinajstić information content (AvgIpc) is 2.95. The number of rotatable bonds is 3. The molecule has 136 valence electrons. The number of amides is 2. The van der Waals surface area contributed by atoms with Crippen LogP contribution in [0.1, 0.15) is 48.9 Å². The number of methoxy groups -OCH3 is 1. The van der Waals surface area contributed by atoms with Crippen molar-refractivity contribution >= 4 is 23.4 Å². The number of hydrogen-bond donors (Lipinski definition) is 0. The SMILES string of the molecule is COc1ccc(Cl)cc1C(=O)N1CCCC1C(=O)N1CCCCCC1. The fourth-order valence-corrected chi connectivity index (χ4v) is 3.94. The molecule has 0 bridgehead atoms. The number of nitrogens with zero attached hydrogens (tertiary/aromatic N) is 2. The van der Waals surface area contributed by atoms with E-state index in [0.29, 0.717) is 22.9 Å². The van der Waals surface area contributed by atoms with Crippen LogP contribution in [0.25, 0.3) is 0 Å². The Balaban J connectivity index is 1.80. The zero-order valence-corrected chi connectivity index (χ0v) is 15.4. The number of benzene rings is 1. The molecule has 0 spiro atoms. The Morgan fingerprint density at radius 1 is 1.08 bits per heavy atom. The zero-order valence-electron chi connectivity index (χ0n) is 14.7. The third kappa shape index (κ3) is 3.92. The highest BCUT2D eigenvalue weighted by molar-refractivity contribution is 6.31. The van der Waals surface area contributed by atoms with Gasteiger partial charge in [-0.25, -0.2) is 0 Å². The molecule has 6 heteroatoms. The van der Waals surface area contributed by atoms with E-state index < -0.39 is 0 Å². The third-order valence-electron chi connectivity index (χ3n) is 5.11. The molecule has 5 nitrogen and oxygen atoms in total. The highest BCUT2D eigenvalue weighted by Gasteiger charge is 2.37. The topological polar surface area (TPSA) is 49.9 Å². The van der Waals surface area contributed by atoms with Crippen molar-refractivity contribution in [3.63, 3.8) is 0 Å². The molecule has 2 heterocycles. The second-order valence-corrected chi connectivity index (χ2v) is 7.18. The van der Waals surface area contributed by atoms with Crippen LogP contribution in [-0.2, 0) is 4.79 Å². The van der Waals surface area contributed by atoms with Crippen molar-refractivity contribution in [2.45, 2.75) is 44.6 Å². The molecule has 2 amide bonds. The number of likely N-dealkylation sites (tertiary alicyclic amines) is 2. The molecule has 25 heavy (non-hydrogen) atoms. The Labute approximate surface area is 153 Å². The summed E-state index contributed by atoms with van der Waals surface area (Å²) in [5.74, 6) is 0.404.